The highest BCUT2D eigenvalue weighted by Gasteiger charge is 2.31. The molecule has 1 N–H and O–H groups in total. The number of rotatable bonds is 11. The number of nitrogens with one attached hydrogen (secondary N) is 1. The van der Waals surface area contributed by atoms with Crippen LogP contribution < -0.4 is 5.32 Å². The van der Waals surface area contributed by atoms with Crippen molar-refractivity contribution in [1.29, 1.82) is 0 Å². The molecule has 1 atom stereocenters. The predicted octanol–water partition coefficient (Wildman–Crippen LogP) is 2.29. The van der Waals surface area contributed by atoms with E-state index in [4.69, 9.17) is 0 Å². The van der Waals surface area contributed by atoms with Gasteiger partial charge < -0.3 is 10.2 Å². The van der Waals surface area contributed by atoms with Crippen LogP contribution in [0.5, 0.6) is 0 Å². The number of carbonyl (C=O) groups excluding carboxylic acids is 2. The van der Waals surface area contributed by atoms with Crippen LogP contribution in [0.15, 0.2) is 60.7 Å². The summed E-state index contributed by atoms with van der Waals surface area (Å²) in [5.41, 5.74) is 1.78. The Labute approximate surface area is 191 Å². The average molecular weight is 460 g/mol. The van der Waals surface area contributed by atoms with Gasteiger partial charge in [-0.1, -0.05) is 74.5 Å². The Morgan fingerprint density at radius 2 is 1.47 bits per heavy atom. The first kappa shape index (κ1) is 25.5. The molecule has 0 saturated carbocycles. The summed E-state index contributed by atoms with van der Waals surface area (Å²) in [4.78, 5) is 28.0. The molecule has 0 aliphatic carbocycles. The largest absolute Gasteiger partial charge is 0.354 e. The Kier molecular flexibility index (Phi) is 9.41. The van der Waals surface area contributed by atoms with E-state index >= 15 is 0 Å². The fraction of sp³-hybridized carbons (Fsp3) is 0.417. The third-order valence-corrected chi connectivity index (χ3v) is 6.34. The third kappa shape index (κ3) is 8.09. The molecule has 2 aromatic rings. The summed E-state index contributed by atoms with van der Waals surface area (Å²) < 4.78 is 24.8. The Hall–Kier alpha value is -2.71. The van der Waals surface area contributed by atoms with E-state index in [-0.39, 0.29) is 24.9 Å². The highest BCUT2D eigenvalue weighted by atomic mass is 32.2. The second kappa shape index (κ2) is 11.8. The molecule has 2 aromatic carbocycles. The second-order valence-corrected chi connectivity index (χ2v) is 10.5. The van der Waals surface area contributed by atoms with Crippen LogP contribution in [-0.2, 0) is 32.6 Å². The van der Waals surface area contributed by atoms with E-state index in [1.807, 2.05) is 74.5 Å². The van der Waals surface area contributed by atoms with E-state index in [1.165, 1.54) is 11.9 Å². The molecule has 0 heterocycles. The van der Waals surface area contributed by atoms with Crippen LogP contribution in [0.25, 0.3) is 0 Å². The number of benzene rings is 2. The summed E-state index contributed by atoms with van der Waals surface area (Å²) >= 11 is 0. The second-order valence-electron chi connectivity index (χ2n) is 8.37. The van der Waals surface area contributed by atoms with Gasteiger partial charge in [0.15, 0.2) is 0 Å². The molecule has 2 amide bonds. The van der Waals surface area contributed by atoms with Crippen molar-refractivity contribution in [2.24, 2.45) is 5.92 Å². The van der Waals surface area contributed by atoms with Crippen LogP contribution in [0.1, 0.15) is 25.0 Å². The topological polar surface area (TPSA) is 86.8 Å². The normalized spacial score (nSPS) is 12.6. The van der Waals surface area contributed by atoms with E-state index in [1.54, 1.807) is 0 Å². The summed E-state index contributed by atoms with van der Waals surface area (Å²) in [6, 6.07) is 18.1. The molecular formula is C24H33N3O4S. The molecule has 32 heavy (non-hydrogen) atoms. The Bertz CT molecular complexity index is 979. The maximum atomic E-state index is 13.3. The molecule has 0 unspecified atom stereocenters. The first-order valence-electron chi connectivity index (χ1n) is 10.6. The molecule has 0 fully saturated rings. The SMILES string of the molecule is CC(C)CNC(=O)[C@H](Cc1ccccc1)N(Cc1ccccc1)C(=O)CN(C)S(C)(=O)=O. The molecule has 174 valence electrons. The highest BCUT2D eigenvalue weighted by molar-refractivity contribution is 7.88. The Balaban J connectivity index is 2.40. The molecular weight excluding hydrogens is 426 g/mol. The van der Waals surface area contributed by atoms with Gasteiger partial charge in [0.2, 0.25) is 21.8 Å². The van der Waals surface area contributed by atoms with Crippen LogP contribution in [0.2, 0.25) is 0 Å². The van der Waals surface area contributed by atoms with Crippen molar-refractivity contribution in [2.45, 2.75) is 32.9 Å². The average Bonchev–Trinajstić information content (AvgIpc) is 2.75. The number of amides is 2. The molecule has 8 heteroatoms. The first-order valence-corrected chi connectivity index (χ1v) is 12.5. The van der Waals surface area contributed by atoms with Gasteiger partial charge >= 0.3 is 0 Å². The zero-order chi connectivity index (χ0) is 23.7. The van der Waals surface area contributed by atoms with Gasteiger partial charge in [0.05, 0.1) is 12.8 Å². The van der Waals surface area contributed by atoms with Crippen LogP contribution in [-0.4, -0.2) is 61.9 Å². The summed E-state index contributed by atoms with van der Waals surface area (Å²) in [6.07, 6.45) is 1.38. The first-order chi connectivity index (χ1) is 15.1. The highest BCUT2D eigenvalue weighted by Crippen LogP contribution is 2.15. The van der Waals surface area contributed by atoms with E-state index < -0.39 is 22.0 Å². The third-order valence-electron chi connectivity index (χ3n) is 5.08. The molecule has 0 saturated heterocycles. The lowest BCUT2D eigenvalue weighted by Crippen LogP contribution is -2.53. The monoisotopic (exact) mass is 459 g/mol. The van der Waals surface area contributed by atoms with E-state index in [9.17, 15) is 18.0 Å². The predicted molar refractivity (Wildman–Crippen MR) is 126 cm³/mol. The fourth-order valence-electron chi connectivity index (χ4n) is 3.16. The van der Waals surface area contributed by atoms with Crippen molar-refractivity contribution < 1.29 is 18.0 Å². The van der Waals surface area contributed by atoms with Crippen LogP contribution in [0.4, 0.5) is 0 Å². The van der Waals surface area contributed by atoms with Crippen LogP contribution in [0.3, 0.4) is 0 Å². The number of nitrogens with zero attached hydrogens (tertiary/aromatic N) is 2. The van der Waals surface area contributed by atoms with Crippen LogP contribution in [0, 0.1) is 5.92 Å². The number of likely N-dealkylation sites (N-methyl/N-ethyl adjacent to an activating group) is 1. The lowest BCUT2D eigenvalue weighted by Gasteiger charge is -2.32. The zero-order valence-electron chi connectivity index (χ0n) is 19.2. The minimum absolute atomic E-state index is 0.198. The Morgan fingerprint density at radius 1 is 0.938 bits per heavy atom. The Morgan fingerprint density at radius 3 is 1.97 bits per heavy atom. The quantitative estimate of drug-likeness (QED) is 0.559. The minimum atomic E-state index is -3.55. The number of hydrogen-bond acceptors (Lipinski definition) is 4. The van der Waals surface area contributed by atoms with E-state index in [0.29, 0.717) is 13.0 Å². The van der Waals surface area contributed by atoms with Crippen molar-refractivity contribution in [3.63, 3.8) is 0 Å². The zero-order valence-corrected chi connectivity index (χ0v) is 20.0. The van der Waals surface area contributed by atoms with Crippen molar-refractivity contribution in [1.82, 2.24) is 14.5 Å². The maximum absolute atomic E-state index is 13.3. The number of hydrogen-bond donors (Lipinski definition) is 1. The minimum Gasteiger partial charge on any atom is -0.354 e. The van der Waals surface area contributed by atoms with Crippen molar-refractivity contribution in [3.05, 3.63) is 71.8 Å². The molecule has 0 aromatic heterocycles. The lowest BCUT2D eigenvalue weighted by molar-refractivity contribution is -0.141. The number of sulfonamides is 1. The van der Waals surface area contributed by atoms with E-state index in [0.717, 1.165) is 21.7 Å². The molecule has 0 aliphatic heterocycles. The van der Waals surface area contributed by atoms with Gasteiger partial charge in [-0.25, -0.2) is 8.42 Å². The fourth-order valence-corrected chi connectivity index (χ4v) is 3.50. The number of carbonyl (C=O) groups is 2. The lowest BCUT2D eigenvalue weighted by atomic mass is 10.0. The van der Waals surface area contributed by atoms with Gasteiger partial charge in [0.1, 0.15) is 6.04 Å². The molecule has 0 radical (unpaired) electrons. The van der Waals surface area contributed by atoms with E-state index in [2.05, 4.69) is 5.32 Å². The molecule has 7 nitrogen and oxygen atoms in total. The summed E-state index contributed by atoms with van der Waals surface area (Å²) in [7, 11) is -2.19. The molecule has 0 bridgehead atoms. The molecule has 0 spiro atoms. The summed E-state index contributed by atoms with van der Waals surface area (Å²) in [5.74, 6) is -0.429. The van der Waals surface area contributed by atoms with Crippen molar-refractivity contribution in [2.75, 3.05) is 26.4 Å². The van der Waals surface area contributed by atoms with Crippen LogP contribution >= 0.6 is 0 Å². The maximum Gasteiger partial charge on any atom is 0.243 e. The summed E-state index contributed by atoms with van der Waals surface area (Å²) in [6.45, 7) is 4.35. The van der Waals surface area contributed by atoms with Gasteiger partial charge in [0, 0.05) is 26.6 Å². The standard InChI is InChI=1S/C24H33N3O4S/c1-19(2)16-25-24(29)22(15-20-11-7-5-8-12-20)27(17-21-13-9-6-10-14-21)23(28)18-26(3)32(4,30)31/h5-14,19,22H,15-18H2,1-4H3,(H,25,29)/t22-/m0/s1. The summed E-state index contributed by atoms with van der Waals surface area (Å²) in [5, 5.41) is 2.94. The van der Waals surface area contributed by atoms with Gasteiger partial charge in [-0.15, -0.1) is 0 Å². The van der Waals surface area contributed by atoms with Crippen molar-refractivity contribution >= 4 is 21.8 Å². The van der Waals surface area contributed by atoms with Gasteiger partial charge in [-0.3, -0.25) is 9.59 Å². The van der Waals surface area contributed by atoms with Gasteiger partial charge in [0.25, 0.3) is 0 Å². The van der Waals surface area contributed by atoms with Gasteiger partial charge in [-0.2, -0.15) is 4.31 Å². The molecule has 0 aliphatic rings. The van der Waals surface area contributed by atoms with Gasteiger partial charge in [-0.05, 0) is 17.0 Å². The molecule has 2 rings (SSSR count). The van der Waals surface area contributed by atoms with Crippen molar-refractivity contribution in [3.8, 4) is 0 Å². The smallest absolute Gasteiger partial charge is 0.243 e.